The summed E-state index contributed by atoms with van der Waals surface area (Å²) in [5.41, 5.74) is 5.93. The number of amides is 1. The number of nitrogens with one attached hydrogen (secondary N) is 1. The van der Waals surface area contributed by atoms with E-state index in [0.717, 1.165) is 12.8 Å². The van der Waals surface area contributed by atoms with Crippen molar-refractivity contribution in [3.8, 4) is 0 Å². The van der Waals surface area contributed by atoms with Crippen LogP contribution in [-0.2, 0) is 6.54 Å². The van der Waals surface area contributed by atoms with Crippen LogP contribution in [0.3, 0.4) is 0 Å². The highest BCUT2D eigenvalue weighted by Gasteiger charge is 2.16. The molecule has 0 bridgehead atoms. The largest absolute Gasteiger partial charge is 0.366 e. The molecule has 0 fully saturated rings. The Kier molecular flexibility index (Phi) is 4.84. The highest BCUT2D eigenvalue weighted by molar-refractivity contribution is 5.92. The van der Waals surface area contributed by atoms with Gasteiger partial charge in [0.2, 0.25) is 5.91 Å². The molecule has 3 N–H and O–H groups in total. The van der Waals surface area contributed by atoms with Crippen molar-refractivity contribution in [2.24, 2.45) is 5.73 Å². The predicted molar refractivity (Wildman–Crippen MR) is 70.7 cm³/mol. The van der Waals surface area contributed by atoms with E-state index < -0.39 is 5.91 Å². The highest BCUT2D eigenvalue weighted by Crippen LogP contribution is 2.15. The molecule has 0 aliphatic rings. The third-order valence-corrected chi connectivity index (χ3v) is 2.96. The maximum absolute atomic E-state index is 13.6. The van der Waals surface area contributed by atoms with Crippen molar-refractivity contribution >= 4 is 5.91 Å². The molecule has 1 aromatic carbocycles. The van der Waals surface area contributed by atoms with Crippen LogP contribution >= 0.6 is 0 Å². The zero-order chi connectivity index (χ0) is 13.8. The fourth-order valence-corrected chi connectivity index (χ4v) is 1.91. The molecule has 1 amide bonds. The van der Waals surface area contributed by atoms with Crippen molar-refractivity contribution in [1.29, 1.82) is 0 Å². The summed E-state index contributed by atoms with van der Waals surface area (Å²) in [6.45, 7) is 6.65. The summed E-state index contributed by atoms with van der Waals surface area (Å²) in [6.07, 6.45) is 2.06. The number of primary amides is 1. The van der Waals surface area contributed by atoms with Crippen molar-refractivity contribution in [1.82, 2.24) is 5.32 Å². The van der Waals surface area contributed by atoms with Crippen LogP contribution in [0.1, 0.15) is 49.5 Å². The molecule has 100 valence electrons. The smallest absolute Gasteiger partial charge is 0.248 e. The molecule has 3 nitrogen and oxygen atoms in total. The van der Waals surface area contributed by atoms with Crippen LogP contribution in [0.2, 0.25) is 0 Å². The van der Waals surface area contributed by atoms with Crippen molar-refractivity contribution in [2.45, 2.75) is 45.7 Å². The van der Waals surface area contributed by atoms with E-state index in [9.17, 15) is 9.18 Å². The van der Waals surface area contributed by atoms with Gasteiger partial charge in [-0.2, -0.15) is 0 Å². The van der Waals surface area contributed by atoms with Gasteiger partial charge in [-0.15, -0.1) is 0 Å². The average molecular weight is 252 g/mol. The Bertz CT molecular complexity index is 430. The number of hydrogen-bond acceptors (Lipinski definition) is 2. The lowest BCUT2D eigenvalue weighted by Crippen LogP contribution is -2.38. The van der Waals surface area contributed by atoms with E-state index in [1.54, 1.807) is 0 Å². The van der Waals surface area contributed by atoms with Gasteiger partial charge in [-0.1, -0.05) is 13.3 Å². The predicted octanol–water partition coefficient (Wildman–Crippen LogP) is 2.59. The van der Waals surface area contributed by atoms with Crippen molar-refractivity contribution < 1.29 is 9.18 Å². The number of carbonyl (C=O) groups is 1. The second-order valence-electron chi connectivity index (χ2n) is 5.16. The molecule has 0 radical (unpaired) electrons. The molecule has 0 atom stereocenters. The Morgan fingerprint density at radius 2 is 2.11 bits per heavy atom. The molecule has 4 heteroatoms. The maximum Gasteiger partial charge on any atom is 0.248 e. The van der Waals surface area contributed by atoms with E-state index in [-0.39, 0.29) is 11.4 Å². The zero-order valence-electron chi connectivity index (χ0n) is 11.2. The van der Waals surface area contributed by atoms with Gasteiger partial charge in [0.05, 0.1) is 0 Å². The summed E-state index contributed by atoms with van der Waals surface area (Å²) < 4.78 is 13.6. The number of nitrogens with two attached hydrogens (primary N) is 1. The van der Waals surface area contributed by atoms with Gasteiger partial charge in [-0.3, -0.25) is 4.79 Å². The summed E-state index contributed by atoms with van der Waals surface area (Å²) in [4.78, 5) is 11.0. The van der Waals surface area contributed by atoms with E-state index in [4.69, 9.17) is 5.73 Å². The molecule has 1 rings (SSSR count). The maximum atomic E-state index is 13.6. The van der Waals surface area contributed by atoms with Crippen LogP contribution in [0.15, 0.2) is 18.2 Å². The molecular formula is C14H21FN2O. The first-order chi connectivity index (χ1) is 8.35. The zero-order valence-corrected chi connectivity index (χ0v) is 11.2. The second kappa shape index (κ2) is 5.96. The van der Waals surface area contributed by atoms with E-state index in [1.807, 2.05) is 0 Å². The first-order valence-corrected chi connectivity index (χ1v) is 6.19. The number of rotatable bonds is 6. The van der Waals surface area contributed by atoms with Gasteiger partial charge >= 0.3 is 0 Å². The Balaban J connectivity index is 2.78. The van der Waals surface area contributed by atoms with Crippen molar-refractivity contribution in [3.63, 3.8) is 0 Å². The van der Waals surface area contributed by atoms with E-state index in [2.05, 4.69) is 26.1 Å². The Hall–Kier alpha value is -1.42. The summed E-state index contributed by atoms with van der Waals surface area (Å²) in [5.74, 6) is -0.858. The lowest BCUT2D eigenvalue weighted by Gasteiger charge is -2.26. The number of carbonyl (C=O) groups excluding carboxylic acids is 1. The molecule has 0 aliphatic carbocycles. The number of hydrogen-bond donors (Lipinski definition) is 2. The Morgan fingerprint density at radius 1 is 1.44 bits per heavy atom. The summed E-state index contributed by atoms with van der Waals surface area (Å²) >= 11 is 0. The fourth-order valence-electron chi connectivity index (χ4n) is 1.91. The molecule has 1 aromatic rings. The monoisotopic (exact) mass is 252 g/mol. The molecule has 18 heavy (non-hydrogen) atoms. The molecule has 0 unspecified atom stereocenters. The minimum Gasteiger partial charge on any atom is -0.366 e. The van der Waals surface area contributed by atoms with Crippen LogP contribution in [0.5, 0.6) is 0 Å². The molecule has 0 saturated carbocycles. The van der Waals surface area contributed by atoms with Gasteiger partial charge in [-0.25, -0.2) is 4.39 Å². The van der Waals surface area contributed by atoms with Gasteiger partial charge in [0, 0.05) is 23.2 Å². The SMILES string of the molecule is CCCC(C)(C)NCc1cc(C(N)=O)ccc1F. The summed E-state index contributed by atoms with van der Waals surface area (Å²) in [7, 11) is 0. The number of halogens is 1. The minimum atomic E-state index is -0.538. The van der Waals surface area contributed by atoms with Crippen LogP contribution in [-0.4, -0.2) is 11.4 Å². The van der Waals surface area contributed by atoms with Gasteiger partial charge in [-0.05, 0) is 38.5 Å². The van der Waals surface area contributed by atoms with Crippen LogP contribution in [0, 0.1) is 5.82 Å². The van der Waals surface area contributed by atoms with E-state index >= 15 is 0 Å². The number of benzene rings is 1. The van der Waals surface area contributed by atoms with Gasteiger partial charge < -0.3 is 11.1 Å². The van der Waals surface area contributed by atoms with Gasteiger partial charge in [0.25, 0.3) is 0 Å². The van der Waals surface area contributed by atoms with Crippen molar-refractivity contribution in [3.05, 3.63) is 35.1 Å². The van der Waals surface area contributed by atoms with Crippen LogP contribution < -0.4 is 11.1 Å². The topological polar surface area (TPSA) is 55.1 Å². The first-order valence-electron chi connectivity index (χ1n) is 6.19. The summed E-state index contributed by atoms with van der Waals surface area (Å²) in [5, 5.41) is 3.29. The Morgan fingerprint density at radius 3 is 2.67 bits per heavy atom. The quantitative estimate of drug-likeness (QED) is 0.817. The lowest BCUT2D eigenvalue weighted by molar-refractivity contribution is 0.1000. The molecular weight excluding hydrogens is 231 g/mol. The molecule has 0 aromatic heterocycles. The third-order valence-electron chi connectivity index (χ3n) is 2.96. The minimum absolute atomic E-state index is 0.0517. The Labute approximate surface area is 108 Å². The normalized spacial score (nSPS) is 11.6. The molecule has 0 heterocycles. The van der Waals surface area contributed by atoms with E-state index in [0.29, 0.717) is 17.7 Å². The van der Waals surface area contributed by atoms with Crippen LogP contribution in [0.25, 0.3) is 0 Å². The molecule has 0 spiro atoms. The highest BCUT2D eigenvalue weighted by atomic mass is 19.1. The van der Waals surface area contributed by atoms with Gasteiger partial charge in [0.15, 0.2) is 0 Å². The standard InChI is InChI=1S/C14H21FN2O/c1-4-7-14(2,3)17-9-11-8-10(13(16)18)5-6-12(11)15/h5-6,8,17H,4,7,9H2,1-3H3,(H2,16,18). The molecule has 0 saturated heterocycles. The van der Waals surface area contributed by atoms with Crippen molar-refractivity contribution in [2.75, 3.05) is 0 Å². The lowest BCUT2D eigenvalue weighted by atomic mass is 9.98. The second-order valence-corrected chi connectivity index (χ2v) is 5.16. The average Bonchev–Trinajstić information content (AvgIpc) is 2.27. The van der Waals surface area contributed by atoms with Gasteiger partial charge in [0.1, 0.15) is 5.82 Å². The summed E-state index contributed by atoms with van der Waals surface area (Å²) in [6, 6.07) is 4.19. The van der Waals surface area contributed by atoms with E-state index in [1.165, 1.54) is 18.2 Å². The fraction of sp³-hybridized carbons (Fsp3) is 0.500. The molecule has 0 aliphatic heterocycles. The van der Waals surface area contributed by atoms with Crippen LogP contribution in [0.4, 0.5) is 4.39 Å². The third kappa shape index (κ3) is 4.11. The first kappa shape index (κ1) is 14.6.